The van der Waals surface area contributed by atoms with Crippen molar-refractivity contribution in [3.63, 3.8) is 0 Å². The summed E-state index contributed by atoms with van der Waals surface area (Å²) in [5.74, 6) is -1.23. The summed E-state index contributed by atoms with van der Waals surface area (Å²) in [5, 5.41) is 2.52. The van der Waals surface area contributed by atoms with Gasteiger partial charge in [0.1, 0.15) is 5.75 Å². The molecule has 3 rings (SSSR count). The summed E-state index contributed by atoms with van der Waals surface area (Å²) in [4.78, 5) is 30.7. The molecule has 0 spiro atoms. The summed E-state index contributed by atoms with van der Waals surface area (Å²) in [6.45, 7) is 2.61. The fourth-order valence-electron chi connectivity index (χ4n) is 3.16. The lowest BCUT2D eigenvalue weighted by atomic mass is 10.1. The van der Waals surface area contributed by atoms with Gasteiger partial charge in [0.05, 0.1) is 36.0 Å². The Morgan fingerprint density at radius 1 is 1.30 bits per heavy atom. The SMILES string of the molecule is CCCOc1ccc(C(F)(F)F)cc1NC(=O)[C@H]1CC(=O)N(Cc2ccccn2)C1. The number of benzene rings is 1. The highest BCUT2D eigenvalue weighted by atomic mass is 19.4. The second-order valence-corrected chi connectivity index (χ2v) is 7.04. The van der Waals surface area contributed by atoms with Gasteiger partial charge in [-0.25, -0.2) is 0 Å². The fourth-order valence-corrected chi connectivity index (χ4v) is 3.16. The third kappa shape index (κ3) is 5.28. The van der Waals surface area contributed by atoms with Crippen molar-refractivity contribution >= 4 is 17.5 Å². The molecule has 1 aliphatic rings. The molecule has 0 bridgehead atoms. The van der Waals surface area contributed by atoms with Crippen molar-refractivity contribution in [3.05, 3.63) is 53.9 Å². The lowest BCUT2D eigenvalue weighted by Crippen LogP contribution is -2.28. The molecule has 9 heteroatoms. The molecule has 0 unspecified atom stereocenters. The second-order valence-electron chi connectivity index (χ2n) is 7.04. The average molecular weight is 421 g/mol. The Hall–Kier alpha value is -3.10. The Morgan fingerprint density at radius 3 is 2.77 bits per heavy atom. The zero-order valence-electron chi connectivity index (χ0n) is 16.4. The quantitative estimate of drug-likeness (QED) is 0.737. The van der Waals surface area contributed by atoms with Gasteiger partial charge in [0, 0.05) is 19.2 Å². The number of anilines is 1. The van der Waals surface area contributed by atoms with Gasteiger partial charge in [-0.3, -0.25) is 14.6 Å². The van der Waals surface area contributed by atoms with Crippen LogP contribution in [-0.2, 0) is 22.3 Å². The van der Waals surface area contributed by atoms with Crippen LogP contribution in [0.3, 0.4) is 0 Å². The fraction of sp³-hybridized carbons (Fsp3) is 0.381. The smallest absolute Gasteiger partial charge is 0.416 e. The van der Waals surface area contributed by atoms with Crippen molar-refractivity contribution in [1.29, 1.82) is 0 Å². The summed E-state index contributed by atoms with van der Waals surface area (Å²) in [6, 6.07) is 8.30. The Kier molecular flexibility index (Phi) is 6.59. The maximum atomic E-state index is 13.1. The minimum atomic E-state index is -4.55. The van der Waals surface area contributed by atoms with Gasteiger partial charge in [-0.15, -0.1) is 0 Å². The first-order valence-corrected chi connectivity index (χ1v) is 9.60. The summed E-state index contributed by atoms with van der Waals surface area (Å²) >= 11 is 0. The number of alkyl halides is 3. The molecular formula is C21H22F3N3O3. The Balaban J connectivity index is 1.72. The number of nitrogens with zero attached hydrogens (tertiary/aromatic N) is 2. The van der Waals surface area contributed by atoms with Gasteiger partial charge in [0.2, 0.25) is 11.8 Å². The highest BCUT2D eigenvalue weighted by molar-refractivity contribution is 5.98. The van der Waals surface area contributed by atoms with Gasteiger partial charge in [0.15, 0.2) is 0 Å². The van der Waals surface area contributed by atoms with E-state index >= 15 is 0 Å². The van der Waals surface area contributed by atoms with Crippen LogP contribution in [0, 0.1) is 5.92 Å². The molecule has 1 atom stereocenters. The molecule has 1 saturated heterocycles. The molecule has 160 valence electrons. The van der Waals surface area contributed by atoms with E-state index in [2.05, 4.69) is 10.3 Å². The van der Waals surface area contributed by atoms with Crippen LogP contribution >= 0.6 is 0 Å². The van der Waals surface area contributed by atoms with Gasteiger partial charge >= 0.3 is 6.18 Å². The number of nitrogens with one attached hydrogen (secondary N) is 1. The maximum Gasteiger partial charge on any atom is 0.416 e. The van der Waals surface area contributed by atoms with E-state index in [0.29, 0.717) is 18.7 Å². The lowest BCUT2D eigenvalue weighted by Gasteiger charge is -2.18. The first kappa shape index (κ1) is 21.6. The zero-order valence-corrected chi connectivity index (χ0v) is 16.4. The minimum absolute atomic E-state index is 0.0111. The highest BCUT2D eigenvalue weighted by Gasteiger charge is 2.35. The highest BCUT2D eigenvalue weighted by Crippen LogP contribution is 2.35. The molecule has 1 aromatic heterocycles. The molecule has 1 fully saturated rings. The summed E-state index contributed by atoms with van der Waals surface area (Å²) in [6.07, 6.45) is -2.28. The van der Waals surface area contributed by atoms with Crippen LogP contribution in [0.1, 0.15) is 31.0 Å². The van der Waals surface area contributed by atoms with Gasteiger partial charge < -0.3 is 15.0 Å². The standard InChI is InChI=1S/C21H22F3N3O3/c1-2-9-30-18-7-6-15(21(22,23)24)11-17(18)26-20(29)14-10-19(28)27(12-14)13-16-5-3-4-8-25-16/h3-8,11,14H,2,9-10,12-13H2,1H3,(H,26,29)/t14-/m0/s1. The molecule has 0 saturated carbocycles. The number of carbonyl (C=O) groups is 2. The number of hydrogen-bond acceptors (Lipinski definition) is 4. The number of halogens is 3. The van der Waals surface area contributed by atoms with Crippen molar-refractivity contribution in [1.82, 2.24) is 9.88 Å². The topological polar surface area (TPSA) is 71.5 Å². The van der Waals surface area contributed by atoms with E-state index in [9.17, 15) is 22.8 Å². The molecule has 30 heavy (non-hydrogen) atoms. The normalized spacial score (nSPS) is 16.6. The molecule has 1 aliphatic heterocycles. The summed E-state index contributed by atoms with van der Waals surface area (Å²) < 4.78 is 44.7. The number of amides is 2. The molecule has 2 amide bonds. The van der Waals surface area contributed by atoms with Crippen LogP contribution in [0.25, 0.3) is 0 Å². The van der Waals surface area contributed by atoms with Crippen LogP contribution in [0.4, 0.5) is 18.9 Å². The second kappa shape index (κ2) is 9.15. The van der Waals surface area contributed by atoms with Gasteiger partial charge in [-0.05, 0) is 36.8 Å². The van der Waals surface area contributed by atoms with Crippen molar-refractivity contribution < 1.29 is 27.5 Å². The van der Waals surface area contributed by atoms with Crippen molar-refractivity contribution in [2.75, 3.05) is 18.5 Å². The molecule has 0 radical (unpaired) electrons. The predicted octanol–water partition coefficient (Wildman–Crippen LogP) is 3.88. The monoisotopic (exact) mass is 421 g/mol. The number of aromatic nitrogens is 1. The summed E-state index contributed by atoms with van der Waals surface area (Å²) in [7, 11) is 0. The molecule has 1 aromatic carbocycles. The van der Waals surface area contributed by atoms with Gasteiger partial charge in [-0.2, -0.15) is 13.2 Å². The van der Waals surface area contributed by atoms with Crippen LogP contribution in [0.2, 0.25) is 0 Å². The largest absolute Gasteiger partial charge is 0.491 e. The Bertz CT molecular complexity index is 903. The van der Waals surface area contributed by atoms with Crippen molar-refractivity contribution in [2.45, 2.75) is 32.5 Å². The van der Waals surface area contributed by atoms with Crippen LogP contribution in [0.15, 0.2) is 42.6 Å². The number of rotatable bonds is 7. The third-order valence-corrected chi connectivity index (χ3v) is 4.69. The zero-order chi connectivity index (χ0) is 21.7. The van der Waals surface area contributed by atoms with Crippen LogP contribution < -0.4 is 10.1 Å². The van der Waals surface area contributed by atoms with E-state index in [1.54, 1.807) is 24.4 Å². The predicted molar refractivity (Wildman–Crippen MR) is 104 cm³/mol. The van der Waals surface area contributed by atoms with E-state index < -0.39 is 23.6 Å². The van der Waals surface area contributed by atoms with Gasteiger partial charge in [-0.1, -0.05) is 13.0 Å². The molecule has 2 heterocycles. The summed E-state index contributed by atoms with van der Waals surface area (Å²) in [5.41, 5.74) is -0.250. The lowest BCUT2D eigenvalue weighted by molar-refractivity contribution is -0.137. The number of ether oxygens (including phenoxy) is 1. The molecule has 1 N–H and O–H groups in total. The molecular weight excluding hydrogens is 399 g/mol. The molecule has 0 aliphatic carbocycles. The van der Waals surface area contributed by atoms with E-state index in [1.165, 1.54) is 11.0 Å². The van der Waals surface area contributed by atoms with Gasteiger partial charge in [0.25, 0.3) is 0 Å². The number of pyridine rings is 1. The number of carbonyl (C=O) groups excluding carboxylic acids is 2. The van der Waals surface area contributed by atoms with E-state index in [-0.39, 0.29) is 36.9 Å². The van der Waals surface area contributed by atoms with Crippen LogP contribution in [0.5, 0.6) is 5.75 Å². The van der Waals surface area contributed by atoms with E-state index in [1.807, 2.05) is 6.92 Å². The average Bonchev–Trinajstić information content (AvgIpc) is 3.07. The first-order valence-electron chi connectivity index (χ1n) is 9.60. The van der Waals surface area contributed by atoms with E-state index in [4.69, 9.17) is 4.74 Å². The van der Waals surface area contributed by atoms with Crippen molar-refractivity contribution in [3.8, 4) is 5.75 Å². The third-order valence-electron chi connectivity index (χ3n) is 4.69. The molecule has 2 aromatic rings. The Labute approximate surface area is 172 Å². The Morgan fingerprint density at radius 2 is 2.10 bits per heavy atom. The molecule has 6 nitrogen and oxygen atoms in total. The maximum absolute atomic E-state index is 13.1. The number of likely N-dealkylation sites (tertiary alicyclic amines) is 1. The number of hydrogen-bond donors (Lipinski definition) is 1. The minimum Gasteiger partial charge on any atom is -0.491 e. The first-order chi connectivity index (χ1) is 14.3. The van der Waals surface area contributed by atoms with Crippen LogP contribution in [-0.4, -0.2) is 34.8 Å². The van der Waals surface area contributed by atoms with E-state index in [0.717, 1.165) is 12.1 Å². The van der Waals surface area contributed by atoms with Crippen molar-refractivity contribution in [2.24, 2.45) is 5.92 Å².